The van der Waals surface area contributed by atoms with E-state index < -0.39 is 10.1 Å². The molecule has 2 N–H and O–H groups in total. The maximum absolute atomic E-state index is 12.4. The summed E-state index contributed by atoms with van der Waals surface area (Å²) in [5.74, 6) is -0.318. The zero-order valence-electron chi connectivity index (χ0n) is 13.7. The molecule has 0 fully saturated rings. The molecule has 0 heterocycles. The van der Waals surface area contributed by atoms with Crippen molar-refractivity contribution in [3.63, 3.8) is 0 Å². The largest absolute Gasteiger partial charge is 0.322 e. The molecule has 24 heavy (non-hydrogen) atoms. The summed E-state index contributed by atoms with van der Waals surface area (Å²) >= 11 is 0. The second kappa shape index (κ2) is 7.59. The predicted molar refractivity (Wildman–Crippen MR) is 94.0 cm³/mol. The number of hydrogen-bond acceptors (Lipinski definition) is 3. The monoisotopic (exact) mass is 347 g/mol. The number of aryl methyl sites for hydroxylation is 2. The molecule has 0 radical (unpaired) electrons. The number of carbonyl (C=O) groups excluding carboxylic acids is 1. The molecule has 0 aliphatic rings. The van der Waals surface area contributed by atoms with Crippen molar-refractivity contribution in [2.24, 2.45) is 0 Å². The van der Waals surface area contributed by atoms with Gasteiger partial charge in [-0.3, -0.25) is 9.35 Å². The van der Waals surface area contributed by atoms with E-state index in [0.717, 1.165) is 24.8 Å². The van der Waals surface area contributed by atoms with Gasteiger partial charge in [-0.25, -0.2) is 0 Å². The lowest BCUT2D eigenvalue weighted by Gasteiger charge is -2.10. The van der Waals surface area contributed by atoms with Gasteiger partial charge in [-0.2, -0.15) is 8.42 Å². The van der Waals surface area contributed by atoms with E-state index in [1.165, 1.54) is 23.8 Å². The predicted octanol–water partition coefficient (Wildman–Crippen LogP) is 3.84. The number of nitrogens with one attached hydrogen (secondary N) is 1. The molecule has 6 heteroatoms. The van der Waals surface area contributed by atoms with Gasteiger partial charge in [0.1, 0.15) is 0 Å². The molecule has 0 spiro atoms. The van der Waals surface area contributed by atoms with E-state index in [0.29, 0.717) is 11.3 Å². The van der Waals surface area contributed by atoms with Gasteiger partial charge in [0, 0.05) is 11.3 Å². The van der Waals surface area contributed by atoms with Crippen molar-refractivity contribution in [3.8, 4) is 0 Å². The number of unbranched alkanes of at least 4 members (excludes halogenated alkanes) is 1. The Bertz CT molecular complexity index is 844. The number of hydrogen-bond donors (Lipinski definition) is 2. The minimum atomic E-state index is -4.30. The van der Waals surface area contributed by atoms with Gasteiger partial charge in [-0.05, 0) is 55.2 Å². The first-order valence-corrected chi connectivity index (χ1v) is 9.23. The van der Waals surface area contributed by atoms with Crippen LogP contribution in [0.3, 0.4) is 0 Å². The van der Waals surface area contributed by atoms with Gasteiger partial charge in [0.25, 0.3) is 16.0 Å². The molecule has 0 atom stereocenters. The first-order valence-electron chi connectivity index (χ1n) is 7.79. The van der Waals surface area contributed by atoms with E-state index in [-0.39, 0.29) is 10.8 Å². The molecule has 0 bridgehead atoms. The fourth-order valence-electron chi connectivity index (χ4n) is 2.45. The molecular formula is C18H21NO4S. The highest BCUT2D eigenvalue weighted by molar-refractivity contribution is 7.85. The Morgan fingerprint density at radius 1 is 1.17 bits per heavy atom. The van der Waals surface area contributed by atoms with Crippen molar-refractivity contribution in [1.29, 1.82) is 0 Å². The van der Waals surface area contributed by atoms with E-state index in [1.54, 1.807) is 12.1 Å². The van der Waals surface area contributed by atoms with Crippen molar-refractivity contribution in [2.45, 2.75) is 38.0 Å². The minimum Gasteiger partial charge on any atom is -0.322 e. The third-order valence-corrected chi connectivity index (χ3v) is 4.59. The molecule has 0 unspecified atom stereocenters. The van der Waals surface area contributed by atoms with Crippen LogP contribution in [0.15, 0.2) is 47.4 Å². The van der Waals surface area contributed by atoms with Gasteiger partial charge in [0.05, 0.1) is 4.90 Å². The van der Waals surface area contributed by atoms with Crippen LogP contribution in [0.4, 0.5) is 5.69 Å². The van der Waals surface area contributed by atoms with E-state index in [4.69, 9.17) is 4.55 Å². The van der Waals surface area contributed by atoms with Crippen LogP contribution >= 0.6 is 0 Å². The van der Waals surface area contributed by atoms with Crippen LogP contribution in [0, 0.1) is 6.92 Å². The third kappa shape index (κ3) is 4.66. The van der Waals surface area contributed by atoms with Gasteiger partial charge in [-0.1, -0.05) is 31.5 Å². The lowest BCUT2D eigenvalue weighted by molar-refractivity contribution is 0.102. The summed E-state index contributed by atoms with van der Waals surface area (Å²) in [5.41, 5.74) is 2.91. The Balaban J connectivity index is 2.18. The number of amides is 1. The molecule has 2 aromatic rings. The average Bonchev–Trinajstić information content (AvgIpc) is 2.52. The molecule has 1 amide bonds. The van der Waals surface area contributed by atoms with Crippen LogP contribution in [-0.4, -0.2) is 18.9 Å². The van der Waals surface area contributed by atoms with Gasteiger partial charge in [0.15, 0.2) is 0 Å². The molecule has 0 saturated heterocycles. The van der Waals surface area contributed by atoms with Crippen molar-refractivity contribution >= 4 is 21.7 Å². The minimum absolute atomic E-state index is 0.257. The molecule has 0 aliphatic carbocycles. The highest BCUT2D eigenvalue weighted by Gasteiger charge is 2.13. The van der Waals surface area contributed by atoms with Gasteiger partial charge in [0.2, 0.25) is 0 Å². The van der Waals surface area contributed by atoms with Crippen LogP contribution in [0.25, 0.3) is 0 Å². The Morgan fingerprint density at radius 2 is 1.92 bits per heavy atom. The SMILES string of the molecule is CCCCc1ccc(C(=O)Nc2cccc(S(=O)(=O)O)c2)c(C)c1. The standard InChI is InChI=1S/C18H21NO4S/c1-3-4-6-14-9-10-17(13(2)11-14)18(20)19-15-7-5-8-16(12-15)24(21,22)23/h5,7-12H,3-4,6H2,1-2H3,(H,19,20)(H,21,22,23). The summed E-state index contributed by atoms with van der Waals surface area (Å²) in [7, 11) is -4.30. The van der Waals surface area contributed by atoms with Gasteiger partial charge in [-0.15, -0.1) is 0 Å². The molecule has 0 saturated carbocycles. The summed E-state index contributed by atoms with van der Waals surface area (Å²) in [5, 5.41) is 2.66. The number of carbonyl (C=O) groups is 1. The first-order chi connectivity index (χ1) is 11.3. The van der Waals surface area contributed by atoms with Crippen LogP contribution in [-0.2, 0) is 16.5 Å². The van der Waals surface area contributed by atoms with Crippen LogP contribution in [0.2, 0.25) is 0 Å². The van der Waals surface area contributed by atoms with Crippen LogP contribution in [0.1, 0.15) is 41.3 Å². The summed E-state index contributed by atoms with van der Waals surface area (Å²) in [6, 6.07) is 11.2. The number of rotatable bonds is 6. The molecule has 128 valence electrons. The zero-order chi connectivity index (χ0) is 17.7. The normalized spacial score (nSPS) is 11.3. The second-order valence-electron chi connectivity index (χ2n) is 5.71. The van der Waals surface area contributed by atoms with Crippen molar-refractivity contribution in [2.75, 3.05) is 5.32 Å². The van der Waals surface area contributed by atoms with E-state index in [9.17, 15) is 13.2 Å². The summed E-state index contributed by atoms with van der Waals surface area (Å²) in [6.07, 6.45) is 3.20. The lowest BCUT2D eigenvalue weighted by atomic mass is 10.0. The molecule has 2 aromatic carbocycles. The summed E-state index contributed by atoms with van der Waals surface area (Å²) in [6.45, 7) is 4.01. The summed E-state index contributed by atoms with van der Waals surface area (Å²) in [4.78, 5) is 12.1. The molecule has 0 aromatic heterocycles. The Kier molecular flexibility index (Phi) is 5.75. The maximum atomic E-state index is 12.4. The zero-order valence-corrected chi connectivity index (χ0v) is 14.6. The van der Waals surface area contributed by atoms with E-state index in [1.807, 2.05) is 19.1 Å². The number of benzene rings is 2. The topological polar surface area (TPSA) is 83.5 Å². The molecule has 0 aliphatic heterocycles. The summed E-state index contributed by atoms with van der Waals surface area (Å²) < 4.78 is 31.4. The third-order valence-electron chi connectivity index (χ3n) is 3.74. The second-order valence-corrected chi connectivity index (χ2v) is 7.13. The molecular weight excluding hydrogens is 326 g/mol. The highest BCUT2D eigenvalue weighted by Crippen LogP contribution is 2.18. The van der Waals surface area contributed by atoms with E-state index >= 15 is 0 Å². The fraction of sp³-hybridized carbons (Fsp3) is 0.278. The van der Waals surface area contributed by atoms with Gasteiger partial charge < -0.3 is 5.32 Å². The number of anilines is 1. The molecule has 5 nitrogen and oxygen atoms in total. The highest BCUT2D eigenvalue weighted by atomic mass is 32.2. The quantitative estimate of drug-likeness (QED) is 0.778. The van der Waals surface area contributed by atoms with Crippen LogP contribution in [0.5, 0.6) is 0 Å². The Hall–Kier alpha value is -2.18. The Morgan fingerprint density at radius 3 is 2.54 bits per heavy atom. The van der Waals surface area contributed by atoms with Crippen molar-refractivity contribution in [3.05, 3.63) is 59.2 Å². The van der Waals surface area contributed by atoms with Crippen molar-refractivity contribution < 1.29 is 17.8 Å². The maximum Gasteiger partial charge on any atom is 0.294 e. The van der Waals surface area contributed by atoms with Crippen molar-refractivity contribution in [1.82, 2.24) is 0 Å². The lowest BCUT2D eigenvalue weighted by Crippen LogP contribution is -2.14. The Labute approximate surface area is 142 Å². The van der Waals surface area contributed by atoms with Gasteiger partial charge >= 0.3 is 0 Å². The first kappa shape index (κ1) is 18.2. The average molecular weight is 347 g/mol. The van der Waals surface area contributed by atoms with Crippen LogP contribution < -0.4 is 5.32 Å². The smallest absolute Gasteiger partial charge is 0.294 e. The fourth-order valence-corrected chi connectivity index (χ4v) is 2.98. The van der Waals surface area contributed by atoms with E-state index in [2.05, 4.69) is 12.2 Å². The molecule has 2 rings (SSSR count).